The molecule has 0 saturated carbocycles. The van der Waals surface area contributed by atoms with Gasteiger partial charge in [-0.2, -0.15) is 0 Å². The van der Waals surface area contributed by atoms with E-state index in [1.165, 1.54) is 0 Å². The molecule has 0 aliphatic rings. The zero-order chi connectivity index (χ0) is 17.3. The summed E-state index contributed by atoms with van der Waals surface area (Å²) in [5.74, 6) is -0.400. The lowest BCUT2D eigenvalue weighted by atomic mass is 10.4. The van der Waals surface area contributed by atoms with E-state index in [2.05, 4.69) is 6.58 Å². The topological polar surface area (TPSA) is 63.7 Å². The van der Waals surface area contributed by atoms with Crippen LogP contribution in [-0.4, -0.2) is 78.9 Å². The van der Waals surface area contributed by atoms with E-state index in [1.807, 2.05) is 0 Å². The minimum Gasteiger partial charge on any atom is -0.462 e. The molecular weight excluding hydrogens is 306 g/mol. The molecule has 22 heavy (non-hydrogen) atoms. The molecule has 0 radical (unpaired) electrons. The summed E-state index contributed by atoms with van der Waals surface area (Å²) in [5, 5.41) is 4.66. The zero-order valence-corrected chi connectivity index (χ0v) is 15.7. The Hall–Kier alpha value is -0.813. The van der Waals surface area contributed by atoms with Gasteiger partial charge in [0.05, 0.1) is 6.61 Å². The van der Waals surface area contributed by atoms with E-state index >= 15 is 0 Å². The molecule has 0 saturated heterocycles. The second kappa shape index (κ2) is 10.1. The Balaban J connectivity index is 4.73. The molecule has 0 aliphatic carbocycles. The Morgan fingerprint density at radius 2 is 1.36 bits per heavy atom. The van der Waals surface area contributed by atoms with Crippen molar-refractivity contribution in [3.63, 3.8) is 0 Å². The Labute approximate surface area is 134 Å². The smallest absolute Gasteiger partial charge is 0.462 e. The van der Waals surface area contributed by atoms with Gasteiger partial charge in [-0.3, -0.25) is 13.6 Å². The van der Waals surface area contributed by atoms with Crippen LogP contribution in [0.4, 0.5) is 0 Å². The number of carbonyl (C=O) groups is 1. The fourth-order valence-corrected chi connectivity index (χ4v) is 4.22. The van der Waals surface area contributed by atoms with Crippen LogP contribution in [0.1, 0.15) is 13.3 Å². The first-order chi connectivity index (χ1) is 10.1. The van der Waals surface area contributed by atoms with E-state index in [0.29, 0.717) is 18.0 Å². The molecule has 9 heteroatoms. The van der Waals surface area contributed by atoms with Gasteiger partial charge in [0, 0.05) is 53.9 Å². The summed E-state index contributed by atoms with van der Waals surface area (Å²) in [4.78, 5) is 11.4. The first kappa shape index (κ1) is 21.2. The average molecular weight is 335 g/mol. The third-order valence-electron chi connectivity index (χ3n) is 2.17. The number of rotatable bonds is 11. The molecule has 0 fully saturated rings. The normalized spacial score (nSPS) is 12.3. The van der Waals surface area contributed by atoms with Gasteiger partial charge in [-0.05, 0) is 13.3 Å². The lowest BCUT2D eigenvalue weighted by Gasteiger charge is -2.34. The number of esters is 1. The largest absolute Gasteiger partial charge is 0.552 e. The van der Waals surface area contributed by atoms with E-state index < -0.39 is 14.8 Å². The summed E-state index contributed by atoms with van der Waals surface area (Å²) in [5.41, 5.74) is 0.377. The molecule has 0 aliphatic heterocycles. The van der Waals surface area contributed by atoms with Crippen LogP contribution in [0, 0.1) is 0 Å². The number of hydroxylamine groups is 6. The van der Waals surface area contributed by atoms with Crippen molar-refractivity contribution in [3.05, 3.63) is 12.2 Å². The van der Waals surface area contributed by atoms with Gasteiger partial charge in [0.25, 0.3) is 0 Å². The minimum absolute atomic E-state index is 0.255. The average Bonchev–Trinajstić information content (AvgIpc) is 2.31. The first-order valence-corrected chi connectivity index (χ1v) is 8.93. The lowest BCUT2D eigenvalue weighted by Crippen LogP contribution is -2.54. The van der Waals surface area contributed by atoms with Crippen LogP contribution in [0.15, 0.2) is 12.2 Å². The highest BCUT2D eigenvalue weighted by atomic mass is 28.4. The summed E-state index contributed by atoms with van der Waals surface area (Å²) in [6.45, 7) is 5.41. The molecule has 0 aromatic rings. The van der Waals surface area contributed by atoms with Crippen LogP contribution in [0.5, 0.6) is 0 Å². The molecule has 0 spiro atoms. The molecule has 0 heterocycles. The summed E-state index contributed by atoms with van der Waals surface area (Å²) in [7, 11) is 7.57. The summed E-state index contributed by atoms with van der Waals surface area (Å²) >= 11 is 0. The van der Waals surface area contributed by atoms with Gasteiger partial charge in [0.2, 0.25) is 0 Å². The molecule has 0 aromatic heterocycles. The quantitative estimate of drug-likeness (QED) is 0.182. The first-order valence-electron chi connectivity index (χ1n) is 7.00. The molecule has 0 rings (SSSR count). The monoisotopic (exact) mass is 335 g/mol. The van der Waals surface area contributed by atoms with Gasteiger partial charge in [0.15, 0.2) is 0 Å². The molecule has 0 amide bonds. The fraction of sp³-hybridized carbons (Fsp3) is 0.769. The second-order valence-electron chi connectivity index (χ2n) is 5.41. The molecule has 8 nitrogen and oxygen atoms in total. The molecule has 0 aromatic carbocycles. The number of ether oxygens (including phenoxy) is 1. The molecule has 0 unspecified atom stereocenters. The van der Waals surface area contributed by atoms with Crippen molar-refractivity contribution in [3.8, 4) is 0 Å². The molecule has 0 N–H and O–H groups in total. The van der Waals surface area contributed by atoms with Crippen molar-refractivity contribution in [1.82, 2.24) is 15.2 Å². The van der Waals surface area contributed by atoms with Crippen molar-refractivity contribution in [2.75, 3.05) is 48.9 Å². The maximum Gasteiger partial charge on any atom is 0.552 e. The summed E-state index contributed by atoms with van der Waals surface area (Å²) < 4.78 is 22.5. The SMILES string of the molecule is C=C(C)C(=O)OCCC[Si](ON(C)C)(ON(C)C)ON(C)C. The minimum atomic E-state index is -3.02. The predicted octanol–water partition coefficient (Wildman–Crippen LogP) is 0.914. The standard InChI is InChI=1S/C13H29N3O5Si/c1-12(2)13(17)18-10-9-11-22(19-14(3)4,20-15(5)6)21-16(7)8/h1,9-11H2,2-8H3. The van der Waals surface area contributed by atoms with Gasteiger partial charge in [-0.15, -0.1) is 0 Å². The van der Waals surface area contributed by atoms with Crippen molar-refractivity contribution in [1.29, 1.82) is 0 Å². The fourth-order valence-electron chi connectivity index (χ4n) is 1.60. The van der Waals surface area contributed by atoms with E-state index in [1.54, 1.807) is 64.4 Å². The Morgan fingerprint density at radius 3 is 1.68 bits per heavy atom. The van der Waals surface area contributed by atoms with Crippen LogP contribution in [0.25, 0.3) is 0 Å². The maximum absolute atomic E-state index is 11.4. The van der Waals surface area contributed by atoms with E-state index in [0.717, 1.165) is 0 Å². The third-order valence-corrected chi connectivity index (χ3v) is 5.07. The van der Waals surface area contributed by atoms with Gasteiger partial charge in [-0.25, -0.2) is 20.0 Å². The number of nitrogens with zero attached hydrogens (tertiary/aromatic N) is 3. The highest BCUT2D eigenvalue weighted by Crippen LogP contribution is 2.20. The van der Waals surface area contributed by atoms with Gasteiger partial charge in [-0.1, -0.05) is 6.58 Å². The van der Waals surface area contributed by atoms with Crippen LogP contribution in [-0.2, 0) is 23.1 Å². The van der Waals surface area contributed by atoms with Gasteiger partial charge in [0.1, 0.15) is 0 Å². The molecule has 0 atom stereocenters. The third kappa shape index (κ3) is 9.25. The Bertz CT molecular complexity index is 337. The number of hydrogen-bond acceptors (Lipinski definition) is 8. The van der Waals surface area contributed by atoms with Crippen molar-refractivity contribution >= 4 is 14.8 Å². The summed E-state index contributed by atoms with van der Waals surface area (Å²) in [6, 6.07) is 0.491. The Kier molecular flexibility index (Phi) is 9.68. The van der Waals surface area contributed by atoms with E-state index in [-0.39, 0.29) is 6.61 Å². The molecule has 0 bridgehead atoms. The predicted molar refractivity (Wildman–Crippen MR) is 85.3 cm³/mol. The molecule has 130 valence electrons. The highest BCUT2D eigenvalue weighted by molar-refractivity contribution is 6.60. The highest BCUT2D eigenvalue weighted by Gasteiger charge is 2.46. The van der Waals surface area contributed by atoms with E-state index in [4.69, 9.17) is 18.3 Å². The van der Waals surface area contributed by atoms with Crippen molar-refractivity contribution < 1.29 is 23.1 Å². The van der Waals surface area contributed by atoms with Crippen LogP contribution in [0.3, 0.4) is 0 Å². The van der Waals surface area contributed by atoms with Crippen molar-refractivity contribution in [2.45, 2.75) is 19.4 Å². The van der Waals surface area contributed by atoms with Crippen molar-refractivity contribution in [2.24, 2.45) is 0 Å². The second-order valence-corrected chi connectivity index (χ2v) is 7.83. The van der Waals surface area contributed by atoms with Crippen LogP contribution < -0.4 is 0 Å². The lowest BCUT2D eigenvalue weighted by molar-refractivity contribution is -0.193. The number of hydrogen-bond donors (Lipinski definition) is 0. The zero-order valence-electron chi connectivity index (χ0n) is 14.7. The van der Waals surface area contributed by atoms with Crippen LogP contribution >= 0.6 is 0 Å². The number of carbonyl (C=O) groups excluding carboxylic acids is 1. The van der Waals surface area contributed by atoms with E-state index in [9.17, 15) is 4.79 Å². The molecular formula is C13H29N3O5Si. The Morgan fingerprint density at radius 1 is 0.955 bits per heavy atom. The van der Waals surface area contributed by atoms with Gasteiger partial charge >= 0.3 is 14.8 Å². The van der Waals surface area contributed by atoms with Crippen LogP contribution in [0.2, 0.25) is 6.04 Å². The summed E-state index contributed by atoms with van der Waals surface area (Å²) in [6.07, 6.45) is 0.556. The van der Waals surface area contributed by atoms with Gasteiger partial charge < -0.3 is 4.74 Å². The maximum atomic E-state index is 11.4.